The van der Waals surface area contributed by atoms with Gasteiger partial charge in [-0.15, -0.1) is 0 Å². The molecular formula is C25H31N3O3. The van der Waals surface area contributed by atoms with Crippen molar-refractivity contribution in [2.45, 2.75) is 46.7 Å². The van der Waals surface area contributed by atoms with Crippen LogP contribution in [0.2, 0.25) is 0 Å². The number of aryl methyl sites for hydroxylation is 1. The van der Waals surface area contributed by atoms with Crippen molar-refractivity contribution in [2.24, 2.45) is 11.8 Å². The minimum atomic E-state index is -0.341. The van der Waals surface area contributed by atoms with Crippen LogP contribution in [0.1, 0.15) is 43.4 Å². The normalized spacial score (nSPS) is 15.9. The summed E-state index contributed by atoms with van der Waals surface area (Å²) in [4.78, 5) is 38.7. The standard InChI is InChI=1S/C25H31N3O3/c1-17(2)11-23(29)27-22-6-4-5-20(12-22)14-26-25(31)21-13-24(30)28(16-21)15-19-9-7-18(3)8-10-19/h4-10,12,17,21H,11,13-16H2,1-3H3,(H,26,31)(H,27,29). The van der Waals surface area contributed by atoms with Crippen molar-refractivity contribution in [3.05, 3.63) is 65.2 Å². The molecule has 2 aromatic rings. The monoisotopic (exact) mass is 421 g/mol. The van der Waals surface area contributed by atoms with Crippen LogP contribution in [0, 0.1) is 18.8 Å². The van der Waals surface area contributed by atoms with E-state index in [9.17, 15) is 14.4 Å². The van der Waals surface area contributed by atoms with E-state index < -0.39 is 0 Å². The zero-order valence-electron chi connectivity index (χ0n) is 18.5. The third kappa shape index (κ3) is 6.67. The van der Waals surface area contributed by atoms with Crippen molar-refractivity contribution in [2.75, 3.05) is 11.9 Å². The molecule has 6 heteroatoms. The molecule has 1 atom stereocenters. The Balaban J connectivity index is 1.50. The molecule has 164 valence electrons. The number of nitrogens with zero attached hydrogens (tertiary/aromatic N) is 1. The largest absolute Gasteiger partial charge is 0.352 e. The van der Waals surface area contributed by atoms with Gasteiger partial charge < -0.3 is 15.5 Å². The molecule has 3 rings (SSSR count). The lowest BCUT2D eigenvalue weighted by atomic mass is 10.1. The second-order valence-corrected chi connectivity index (χ2v) is 8.73. The summed E-state index contributed by atoms with van der Waals surface area (Å²) in [5, 5.41) is 5.83. The van der Waals surface area contributed by atoms with E-state index >= 15 is 0 Å². The van der Waals surface area contributed by atoms with Gasteiger partial charge in [0.2, 0.25) is 17.7 Å². The Morgan fingerprint density at radius 3 is 2.55 bits per heavy atom. The molecule has 31 heavy (non-hydrogen) atoms. The molecule has 2 aromatic carbocycles. The first-order valence-corrected chi connectivity index (χ1v) is 10.8. The van der Waals surface area contributed by atoms with E-state index in [1.807, 2.05) is 69.3 Å². The number of nitrogens with one attached hydrogen (secondary N) is 2. The summed E-state index contributed by atoms with van der Waals surface area (Å²) < 4.78 is 0. The molecular weight excluding hydrogens is 390 g/mol. The van der Waals surface area contributed by atoms with Crippen LogP contribution in [0.25, 0.3) is 0 Å². The van der Waals surface area contributed by atoms with Crippen LogP contribution in [0.15, 0.2) is 48.5 Å². The number of amides is 3. The van der Waals surface area contributed by atoms with E-state index in [4.69, 9.17) is 0 Å². The van der Waals surface area contributed by atoms with Gasteiger partial charge in [-0.05, 0) is 36.1 Å². The first kappa shape index (κ1) is 22.5. The second-order valence-electron chi connectivity index (χ2n) is 8.73. The Morgan fingerprint density at radius 1 is 1.10 bits per heavy atom. The van der Waals surface area contributed by atoms with Crippen molar-refractivity contribution in [1.29, 1.82) is 0 Å². The van der Waals surface area contributed by atoms with E-state index in [1.165, 1.54) is 5.56 Å². The number of likely N-dealkylation sites (tertiary alicyclic amines) is 1. The lowest BCUT2D eigenvalue weighted by molar-refractivity contribution is -0.129. The highest BCUT2D eigenvalue weighted by Gasteiger charge is 2.34. The highest BCUT2D eigenvalue weighted by atomic mass is 16.2. The summed E-state index contributed by atoms with van der Waals surface area (Å²) >= 11 is 0. The van der Waals surface area contributed by atoms with Crippen LogP contribution in [0.3, 0.4) is 0 Å². The molecule has 1 aliphatic rings. The molecule has 0 aliphatic carbocycles. The summed E-state index contributed by atoms with van der Waals surface area (Å²) in [5.74, 6) is -0.173. The highest BCUT2D eigenvalue weighted by molar-refractivity contribution is 5.91. The third-order valence-corrected chi connectivity index (χ3v) is 5.35. The van der Waals surface area contributed by atoms with Crippen molar-refractivity contribution < 1.29 is 14.4 Å². The molecule has 1 unspecified atom stereocenters. The van der Waals surface area contributed by atoms with Crippen molar-refractivity contribution >= 4 is 23.4 Å². The smallest absolute Gasteiger partial charge is 0.225 e. The lowest BCUT2D eigenvalue weighted by Crippen LogP contribution is -2.32. The molecule has 1 saturated heterocycles. The second kappa shape index (κ2) is 10.2. The van der Waals surface area contributed by atoms with E-state index in [2.05, 4.69) is 10.6 Å². The van der Waals surface area contributed by atoms with E-state index in [0.717, 1.165) is 16.8 Å². The van der Waals surface area contributed by atoms with E-state index in [-0.39, 0.29) is 30.1 Å². The number of hydrogen-bond donors (Lipinski definition) is 2. The Morgan fingerprint density at radius 2 is 1.84 bits per heavy atom. The van der Waals surface area contributed by atoms with Crippen LogP contribution < -0.4 is 10.6 Å². The van der Waals surface area contributed by atoms with Gasteiger partial charge in [-0.2, -0.15) is 0 Å². The summed E-state index contributed by atoms with van der Waals surface area (Å²) in [7, 11) is 0. The van der Waals surface area contributed by atoms with Crippen molar-refractivity contribution in [1.82, 2.24) is 10.2 Å². The van der Waals surface area contributed by atoms with Gasteiger partial charge in [0.05, 0.1) is 5.92 Å². The fourth-order valence-corrected chi connectivity index (χ4v) is 3.69. The van der Waals surface area contributed by atoms with Gasteiger partial charge in [-0.25, -0.2) is 0 Å². The predicted molar refractivity (Wildman–Crippen MR) is 121 cm³/mol. The number of benzene rings is 2. The van der Waals surface area contributed by atoms with E-state index in [0.29, 0.717) is 32.0 Å². The fraction of sp³-hybridized carbons (Fsp3) is 0.400. The van der Waals surface area contributed by atoms with Crippen LogP contribution >= 0.6 is 0 Å². The summed E-state index contributed by atoms with van der Waals surface area (Å²) in [5.41, 5.74) is 3.86. The molecule has 0 radical (unpaired) electrons. The molecule has 0 bridgehead atoms. The van der Waals surface area contributed by atoms with Gasteiger partial charge >= 0.3 is 0 Å². The van der Waals surface area contributed by atoms with Crippen molar-refractivity contribution in [3.8, 4) is 0 Å². The predicted octanol–water partition coefficient (Wildman–Crippen LogP) is 3.64. The molecule has 1 aliphatic heterocycles. The number of carbonyl (C=O) groups excluding carboxylic acids is 3. The Bertz CT molecular complexity index is 937. The Labute approximate surface area is 184 Å². The highest BCUT2D eigenvalue weighted by Crippen LogP contribution is 2.21. The summed E-state index contributed by atoms with van der Waals surface area (Å²) in [6, 6.07) is 15.5. The zero-order valence-corrected chi connectivity index (χ0v) is 18.5. The Hall–Kier alpha value is -3.15. The fourth-order valence-electron chi connectivity index (χ4n) is 3.69. The van der Waals surface area contributed by atoms with Gasteiger partial charge in [-0.1, -0.05) is 55.8 Å². The maximum atomic E-state index is 12.6. The first-order valence-electron chi connectivity index (χ1n) is 10.8. The van der Waals surface area contributed by atoms with Gasteiger partial charge in [0.25, 0.3) is 0 Å². The summed E-state index contributed by atoms with van der Waals surface area (Å²) in [6.45, 7) is 7.35. The number of rotatable bonds is 8. The molecule has 6 nitrogen and oxygen atoms in total. The van der Waals surface area contributed by atoms with Crippen LogP contribution in [-0.2, 0) is 27.5 Å². The average molecular weight is 422 g/mol. The minimum absolute atomic E-state index is 0.00980. The molecule has 0 saturated carbocycles. The number of hydrogen-bond acceptors (Lipinski definition) is 3. The first-order chi connectivity index (χ1) is 14.8. The average Bonchev–Trinajstić information content (AvgIpc) is 3.08. The molecule has 1 heterocycles. The minimum Gasteiger partial charge on any atom is -0.352 e. The van der Waals surface area contributed by atoms with Gasteiger partial charge in [0.15, 0.2) is 0 Å². The maximum absolute atomic E-state index is 12.6. The van der Waals surface area contributed by atoms with Crippen molar-refractivity contribution in [3.63, 3.8) is 0 Å². The maximum Gasteiger partial charge on any atom is 0.225 e. The Kier molecular flexibility index (Phi) is 7.45. The van der Waals surface area contributed by atoms with Crippen LogP contribution in [0.5, 0.6) is 0 Å². The van der Waals surface area contributed by atoms with Gasteiger partial charge in [0.1, 0.15) is 0 Å². The van der Waals surface area contributed by atoms with Gasteiger partial charge in [-0.3, -0.25) is 14.4 Å². The summed E-state index contributed by atoms with van der Waals surface area (Å²) in [6.07, 6.45) is 0.707. The van der Waals surface area contributed by atoms with Gasteiger partial charge in [0, 0.05) is 38.2 Å². The quantitative estimate of drug-likeness (QED) is 0.683. The van der Waals surface area contributed by atoms with Crippen LogP contribution in [-0.4, -0.2) is 29.2 Å². The molecule has 3 amide bonds. The third-order valence-electron chi connectivity index (χ3n) is 5.35. The van der Waals surface area contributed by atoms with E-state index in [1.54, 1.807) is 4.90 Å². The SMILES string of the molecule is Cc1ccc(CN2CC(C(=O)NCc3cccc(NC(=O)CC(C)C)c3)CC2=O)cc1. The molecule has 1 fully saturated rings. The number of anilines is 1. The molecule has 0 aromatic heterocycles. The zero-order chi connectivity index (χ0) is 22.4. The topological polar surface area (TPSA) is 78.5 Å². The lowest BCUT2D eigenvalue weighted by Gasteiger charge is -2.17. The molecule has 2 N–H and O–H groups in total. The number of carbonyl (C=O) groups is 3. The molecule has 0 spiro atoms. The van der Waals surface area contributed by atoms with Crippen LogP contribution in [0.4, 0.5) is 5.69 Å².